The average Bonchev–Trinajstić information content (AvgIpc) is 3.32. The minimum Gasteiger partial charge on any atom is -0.361 e. The Kier molecular flexibility index (Phi) is 7.40. The van der Waals surface area contributed by atoms with Crippen LogP contribution in [0.15, 0.2) is 59.6 Å². The van der Waals surface area contributed by atoms with E-state index in [0.717, 1.165) is 29.5 Å². The highest BCUT2D eigenvalue weighted by atomic mass is 32.2. The Labute approximate surface area is 201 Å². The van der Waals surface area contributed by atoms with Crippen molar-refractivity contribution in [3.8, 4) is 11.8 Å². The predicted octanol–water partition coefficient (Wildman–Crippen LogP) is 4.08. The standard InChI is InChI=1S/C27H31N3O3S/c1-3-7-21-8-4-5-9-22(21)12-13-25(27(31)30-18-15-20(2)16-19-30)29-34(32,33)26-11-6-10-24-23(26)14-17-28-24/h4-6,8-11,14,17,20,25,28-29H,12-13,15-16,18-19H2,1-2H3. The highest BCUT2D eigenvalue weighted by molar-refractivity contribution is 7.89. The largest absolute Gasteiger partial charge is 0.361 e. The molecule has 1 aromatic heterocycles. The van der Waals surface area contributed by atoms with Gasteiger partial charge in [-0.05, 0) is 68.4 Å². The third-order valence-electron chi connectivity index (χ3n) is 6.51. The Bertz CT molecular complexity index is 1330. The van der Waals surface area contributed by atoms with Crippen LogP contribution in [-0.4, -0.2) is 43.3 Å². The van der Waals surface area contributed by atoms with E-state index in [0.29, 0.717) is 37.2 Å². The molecule has 34 heavy (non-hydrogen) atoms. The Morgan fingerprint density at radius 2 is 1.91 bits per heavy atom. The molecule has 0 saturated carbocycles. The maximum Gasteiger partial charge on any atom is 0.241 e. The van der Waals surface area contributed by atoms with Crippen molar-refractivity contribution in [3.63, 3.8) is 0 Å². The molecule has 178 valence electrons. The van der Waals surface area contributed by atoms with Crippen LogP contribution in [0.2, 0.25) is 0 Å². The first-order valence-electron chi connectivity index (χ1n) is 11.8. The fourth-order valence-electron chi connectivity index (χ4n) is 4.52. The number of hydrogen-bond acceptors (Lipinski definition) is 3. The van der Waals surface area contributed by atoms with Gasteiger partial charge in [0, 0.05) is 35.8 Å². The lowest BCUT2D eigenvalue weighted by Crippen LogP contribution is -2.50. The molecule has 0 spiro atoms. The highest BCUT2D eigenvalue weighted by Gasteiger charge is 2.31. The molecule has 1 atom stereocenters. The maximum atomic E-state index is 13.5. The monoisotopic (exact) mass is 477 g/mol. The second-order valence-electron chi connectivity index (χ2n) is 8.95. The predicted molar refractivity (Wildman–Crippen MR) is 135 cm³/mol. The minimum atomic E-state index is -3.92. The van der Waals surface area contributed by atoms with Crippen LogP contribution in [0.1, 0.15) is 44.2 Å². The molecule has 0 bridgehead atoms. The molecule has 2 N–H and O–H groups in total. The van der Waals surface area contributed by atoms with E-state index in [1.165, 1.54) is 0 Å². The first-order chi connectivity index (χ1) is 16.4. The molecular formula is C27H31N3O3S. The van der Waals surface area contributed by atoms with E-state index in [-0.39, 0.29) is 10.8 Å². The normalized spacial score (nSPS) is 15.6. The highest BCUT2D eigenvalue weighted by Crippen LogP contribution is 2.24. The van der Waals surface area contributed by atoms with Crippen LogP contribution in [0.5, 0.6) is 0 Å². The summed E-state index contributed by atoms with van der Waals surface area (Å²) in [5.74, 6) is 6.44. The van der Waals surface area contributed by atoms with Crippen molar-refractivity contribution >= 4 is 26.8 Å². The lowest BCUT2D eigenvalue weighted by Gasteiger charge is -2.33. The summed E-state index contributed by atoms with van der Waals surface area (Å²) in [5, 5.41) is 0.608. The lowest BCUT2D eigenvalue weighted by molar-refractivity contribution is -0.134. The van der Waals surface area contributed by atoms with Gasteiger partial charge in [-0.3, -0.25) is 4.79 Å². The molecule has 1 fully saturated rings. The van der Waals surface area contributed by atoms with E-state index < -0.39 is 16.1 Å². The van der Waals surface area contributed by atoms with E-state index in [4.69, 9.17) is 0 Å². The molecule has 6 nitrogen and oxygen atoms in total. The van der Waals surface area contributed by atoms with Crippen molar-refractivity contribution in [2.24, 2.45) is 5.92 Å². The van der Waals surface area contributed by atoms with E-state index in [2.05, 4.69) is 28.5 Å². The fourth-order valence-corrected chi connectivity index (χ4v) is 5.96. The number of carbonyl (C=O) groups is 1. The molecule has 2 aromatic carbocycles. The number of aryl methyl sites for hydroxylation is 1. The van der Waals surface area contributed by atoms with Gasteiger partial charge in [0.2, 0.25) is 15.9 Å². The Balaban J connectivity index is 1.61. The van der Waals surface area contributed by atoms with Crippen molar-refractivity contribution in [3.05, 3.63) is 65.9 Å². The molecule has 1 aliphatic heterocycles. The summed E-state index contributed by atoms with van der Waals surface area (Å²) in [7, 11) is -3.92. The SMILES string of the molecule is CC#Cc1ccccc1CCC(NS(=O)(=O)c1cccc2[nH]ccc12)C(=O)N1CCC(C)CC1. The van der Waals surface area contributed by atoms with Crippen molar-refractivity contribution in [2.45, 2.75) is 50.5 Å². The zero-order valence-electron chi connectivity index (χ0n) is 19.7. The molecule has 0 radical (unpaired) electrons. The van der Waals surface area contributed by atoms with E-state index in [1.54, 1.807) is 31.3 Å². The first-order valence-corrected chi connectivity index (χ1v) is 13.2. The van der Waals surface area contributed by atoms with Gasteiger partial charge >= 0.3 is 0 Å². The number of amides is 1. The number of fused-ring (bicyclic) bond motifs is 1. The number of piperidine rings is 1. The number of H-pyrrole nitrogens is 1. The Hall–Kier alpha value is -3.08. The Morgan fingerprint density at radius 3 is 2.68 bits per heavy atom. The van der Waals surface area contributed by atoms with Gasteiger partial charge in [0.25, 0.3) is 0 Å². The number of nitrogens with zero attached hydrogens (tertiary/aromatic N) is 1. The number of sulfonamides is 1. The van der Waals surface area contributed by atoms with Crippen LogP contribution in [-0.2, 0) is 21.2 Å². The third kappa shape index (κ3) is 5.35. The van der Waals surface area contributed by atoms with Gasteiger partial charge in [-0.1, -0.05) is 37.1 Å². The van der Waals surface area contributed by atoms with Gasteiger partial charge in [0.1, 0.15) is 6.04 Å². The van der Waals surface area contributed by atoms with E-state index >= 15 is 0 Å². The number of aromatic nitrogens is 1. The van der Waals surface area contributed by atoms with E-state index in [9.17, 15) is 13.2 Å². The van der Waals surface area contributed by atoms with Crippen molar-refractivity contribution in [1.29, 1.82) is 0 Å². The fraction of sp³-hybridized carbons (Fsp3) is 0.370. The van der Waals surface area contributed by atoms with Gasteiger partial charge in [0.15, 0.2) is 0 Å². The summed E-state index contributed by atoms with van der Waals surface area (Å²) >= 11 is 0. The van der Waals surface area contributed by atoms with Crippen LogP contribution in [0.4, 0.5) is 0 Å². The van der Waals surface area contributed by atoms with Crippen molar-refractivity contribution in [2.75, 3.05) is 13.1 Å². The van der Waals surface area contributed by atoms with Crippen LogP contribution in [0, 0.1) is 17.8 Å². The summed E-state index contributed by atoms with van der Waals surface area (Å²) in [6.45, 7) is 5.29. The first kappa shape index (κ1) is 24.1. The quantitative estimate of drug-likeness (QED) is 0.503. The second-order valence-corrected chi connectivity index (χ2v) is 10.6. The molecule has 1 aliphatic rings. The Morgan fingerprint density at radius 1 is 1.15 bits per heavy atom. The van der Waals surface area contributed by atoms with E-state index in [1.807, 2.05) is 35.2 Å². The molecule has 3 aromatic rings. The molecule has 2 heterocycles. The number of carbonyl (C=O) groups excluding carboxylic acids is 1. The van der Waals surface area contributed by atoms with Crippen molar-refractivity contribution < 1.29 is 13.2 Å². The number of rotatable bonds is 7. The summed E-state index contributed by atoms with van der Waals surface area (Å²) in [4.78, 5) is 18.6. The van der Waals surface area contributed by atoms with Gasteiger partial charge < -0.3 is 9.88 Å². The summed E-state index contributed by atoms with van der Waals surface area (Å²) in [6, 6.07) is 13.8. The van der Waals surface area contributed by atoms with Crippen LogP contribution >= 0.6 is 0 Å². The smallest absolute Gasteiger partial charge is 0.241 e. The molecular weight excluding hydrogens is 446 g/mol. The molecule has 1 saturated heterocycles. The zero-order valence-corrected chi connectivity index (χ0v) is 20.5. The number of likely N-dealkylation sites (tertiary alicyclic amines) is 1. The zero-order chi connectivity index (χ0) is 24.1. The number of benzene rings is 2. The molecule has 0 aliphatic carbocycles. The summed E-state index contributed by atoms with van der Waals surface area (Å²) in [5.41, 5.74) is 2.65. The lowest BCUT2D eigenvalue weighted by atomic mass is 9.97. The van der Waals surface area contributed by atoms with Crippen LogP contribution in [0.25, 0.3) is 10.9 Å². The van der Waals surface area contributed by atoms with Gasteiger partial charge in [0.05, 0.1) is 4.90 Å². The van der Waals surface area contributed by atoms with Gasteiger partial charge in [-0.2, -0.15) is 4.72 Å². The van der Waals surface area contributed by atoms with Crippen LogP contribution in [0.3, 0.4) is 0 Å². The van der Waals surface area contributed by atoms with Gasteiger partial charge in [-0.25, -0.2) is 8.42 Å². The number of aromatic amines is 1. The van der Waals surface area contributed by atoms with Crippen LogP contribution < -0.4 is 4.72 Å². The minimum absolute atomic E-state index is 0.157. The third-order valence-corrected chi connectivity index (χ3v) is 8.04. The molecule has 1 unspecified atom stereocenters. The topological polar surface area (TPSA) is 82.3 Å². The summed E-state index contributed by atoms with van der Waals surface area (Å²) < 4.78 is 29.7. The van der Waals surface area contributed by atoms with Crippen molar-refractivity contribution in [1.82, 2.24) is 14.6 Å². The molecule has 4 rings (SSSR count). The molecule has 1 amide bonds. The van der Waals surface area contributed by atoms with Gasteiger partial charge in [-0.15, -0.1) is 5.92 Å². The average molecular weight is 478 g/mol. The molecule has 7 heteroatoms. The second kappa shape index (κ2) is 10.5. The number of hydrogen-bond donors (Lipinski definition) is 2. The number of nitrogens with one attached hydrogen (secondary N) is 2. The summed E-state index contributed by atoms with van der Waals surface area (Å²) in [6.07, 6.45) is 4.48. The maximum absolute atomic E-state index is 13.5.